The molecule has 1 fully saturated rings. The van der Waals surface area contributed by atoms with Crippen LogP contribution in [0.25, 0.3) is 0 Å². The maximum Gasteiger partial charge on any atom is 0.276 e. The summed E-state index contributed by atoms with van der Waals surface area (Å²) in [6.07, 6.45) is 6.10. The normalized spacial score (nSPS) is 16.3. The van der Waals surface area contributed by atoms with Gasteiger partial charge in [0, 0.05) is 6.20 Å². The van der Waals surface area contributed by atoms with Gasteiger partial charge in [0.25, 0.3) is 5.91 Å². The van der Waals surface area contributed by atoms with Gasteiger partial charge in [-0.25, -0.2) is 10.5 Å². The zero-order chi connectivity index (χ0) is 11.4. The molecule has 1 aromatic rings. The number of nitrogens with one attached hydrogen (secondary N) is 1. The molecular formula is C11H13BrN2O2. The Morgan fingerprint density at radius 3 is 2.81 bits per heavy atom. The highest BCUT2D eigenvalue weighted by Crippen LogP contribution is 2.20. The van der Waals surface area contributed by atoms with E-state index in [2.05, 4.69) is 26.4 Å². The van der Waals surface area contributed by atoms with Crippen LogP contribution in [0.3, 0.4) is 0 Å². The molecule has 0 aliphatic heterocycles. The Bertz CT molecular complexity index is 361. The Morgan fingerprint density at radius 1 is 1.44 bits per heavy atom. The summed E-state index contributed by atoms with van der Waals surface area (Å²) in [6, 6.07) is 3.43. The van der Waals surface area contributed by atoms with E-state index in [1.165, 1.54) is 19.0 Å². The van der Waals surface area contributed by atoms with Crippen molar-refractivity contribution in [1.82, 2.24) is 10.5 Å². The van der Waals surface area contributed by atoms with Crippen molar-refractivity contribution in [2.24, 2.45) is 0 Å². The number of carbonyl (C=O) groups is 1. The average Bonchev–Trinajstić information content (AvgIpc) is 2.80. The Hall–Kier alpha value is -0.940. The van der Waals surface area contributed by atoms with E-state index in [9.17, 15) is 4.79 Å². The molecule has 1 saturated carbocycles. The number of aromatic nitrogens is 1. The van der Waals surface area contributed by atoms with Gasteiger partial charge in [-0.3, -0.25) is 9.63 Å². The second-order valence-electron chi connectivity index (χ2n) is 3.83. The second-order valence-corrected chi connectivity index (χ2v) is 4.64. The molecule has 0 unspecified atom stereocenters. The molecule has 1 aliphatic carbocycles. The molecule has 5 heteroatoms. The van der Waals surface area contributed by atoms with Gasteiger partial charge >= 0.3 is 0 Å². The van der Waals surface area contributed by atoms with Gasteiger partial charge < -0.3 is 0 Å². The first-order valence-corrected chi connectivity index (χ1v) is 6.12. The number of nitrogens with zero attached hydrogens (tertiary/aromatic N) is 1. The number of pyridine rings is 1. The van der Waals surface area contributed by atoms with Crippen LogP contribution in [0.1, 0.15) is 36.0 Å². The third kappa shape index (κ3) is 3.02. The fourth-order valence-electron chi connectivity index (χ4n) is 1.71. The smallest absolute Gasteiger partial charge is 0.270 e. The van der Waals surface area contributed by atoms with Crippen molar-refractivity contribution in [2.45, 2.75) is 31.8 Å². The molecule has 86 valence electrons. The van der Waals surface area contributed by atoms with Gasteiger partial charge in [-0.15, -0.1) is 0 Å². The first-order valence-electron chi connectivity index (χ1n) is 5.33. The fraction of sp³-hybridized carbons (Fsp3) is 0.455. The Balaban J connectivity index is 1.85. The molecule has 1 aliphatic rings. The number of halogens is 1. The predicted octanol–water partition coefficient (Wildman–Crippen LogP) is 2.45. The zero-order valence-corrected chi connectivity index (χ0v) is 10.4. The molecule has 1 amide bonds. The number of hydrogen-bond donors (Lipinski definition) is 1. The van der Waals surface area contributed by atoms with Gasteiger partial charge in [0.1, 0.15) is 4.60 Å². The van der Waals surface area contributed by atoms with E-state index in [1.807, 2.05) is 0 Å². The molecule has 1 aromatic heterocycles. The summed E-state index contributed by atoms with van der Waals surface area (Å²) in [7, 11) is 0. The third-order valence-corrected chi connectivity index (χ3v) is 3.08. The van der Waals surface area contributed by atoms with Crippen molar-refractivity contribution in [2.75, 3.05) is 0 Å². The number of hydroxylamine groups is 1. The monoisotopic (exact) mass is 284 g/mol. The van der Waals surface area contributed by atoms with Crippen LogP contribution in [0.4, 0.5) is 0 Å². The lowest BCUT2D eigenvalue weighted by Gasteiger charge is -2.10. The van der Waals surface area contributed by atoms with E-state index in [1.54, 1.807) is 12.1 Å². The molecule has 0 spiro atoms. The van der Waals surface area contributed by atoms with Crippen molar-refractivity contribution >= 4 is 21.8 Å². The average molecular weight is 285 g/mol. The molecule has 0 bridgehead atoms. The van der Waals surface area contributed by atoms with Gasteiger partial charge in [-0.05, 0) is 40.9 Å². The Labute approximate surface area is 102 Å². The largest absolute Gasteiger partial charge is 0.276 e. The summed E-state index contributed by atoms with van der Waals surface area (Å²) < 4.78 is 0.709. The summed E-state index contributed by atoms with van der Waals surface area (Å²) in [4.78, 5) is 20.9. The summed E-state index contributed by atoms with van der Waals surface area (Å²) in [5.74, 6) is -0.244. The Morgan fingerprint density at radius 2 is 2.19 bits per heavy atom. The van der Waals surface area contributed by atoms with Crippen molar-refractivity contribution in [3.63, 3.8) is 0 Å². The van der Waals surface area contributed by atoms with E-state index in [0.717, 1.165) is 12.8 Å². The number of hydrogen-bond acceptors (Lipinski definition) is 3. The molecule has 0 saturated heterocycles. The van der Waals surface area contributed by atoms with Gasteiger partial charge in [0.15, 0.2) is 0 Å². The Kier molecular flexibility index (Phi) is 3.90. The minimum absolute atomic E-state index is 0.173. The van der Waals surface area contributed by atoms with Crippen molar-refractivity contribution in [3.05, 3.63) is 28.5 Å². The molecule has 4 nitrogen and oxygen atoms in total. The summed E-state index contributed by atoms with van der Waals surface area (Å²) in [5, 5.41) is 0. The van der Waals surface area contributed by atoms with Crippen LogP contribution in [0.15, 0.2) is 22.9 Å². The van der Waals surface area contributed by atoms with Crippen LogP contribution in [0.5, 0.6) is 0 Å². The van der Waals surface area contributed by atoms with Crippen LogP contribution < -0.4 is 5.48 Å². The van der Waals surface area contributed by atoms with Crippen LogP contribution in [-0.2, 0) is 4.84 Å². The highest BCUT2D eigenvalue weighted by atomic mass is 79.9. The van der Waals surface area contributed by atoms with Crippen molar-refractivity contribution in [3.8, 4) is 0 Å². The second kappa shape index (κ2) is 5.41. The van der Waals surface area contributed by atoms with E-state index >= 15 is 0 Å². The number of rotatable bonds is 3. The summed E-state index contributed by atoms with van der Waals surface area (Å²) in [5.41, 5.74) is 2.97. The first kappa shape index (κ1) is 11.5. The minimum atomic E-state index is -0.244. The molecule has 1 heterocycles. The van der Waals surface area contributed by atoms with E-state index in [-0.39, 0.29) is 12.0 Å². The molecule has 2 rings (SSSR count). The molecule has 1 N–H and O–H groups in total. The van der Waals surface area contributed by atoms with Gasteiger partial charge in [0.05, 0.1) is 11.7 Å². The van der Waals surface area contributed by atoms with Crippen molar-refractivity contribution < 1.29 is 9.63 Å². The molecule has 16 heavy (non-hydrogen) atoms. The highest BCUT2D eigenvalue weighted by molar-refractivity contribution is 9.10. The summed E-state index contributed by atoms with van der Waals surface area (Å²) in [6.45, 7) is 0. The fourth-order valence-corrected chi connectivity index (χ4v) is 1.95. The van der Waals surface area contributed by atoms with Crippen LogP contribution in [-0.4, -0.2) is 17.0 Å². The lowest BCUT2D eigenvalue weighted by molar-refractivity contribution is -0.0125. The third-order valence-electron chi connectivity index (χ3n) is 2.61. The molecule has 0 atom stereocenters. The maximum absolute atomic E-state index is 11.6. The van der Waals surface area contributed by atoms with E-state index < -0.39 is 0 Å². The first-order chi connectivity index (χ1) is 7.75. The predicted molar refractivity (Wildman–Crippen MR) is 62.7 cm³/mol. The van der Waals surface area contributed by atoms with E-state index in [0.29, 0.717) is 10.2 Å². The van der Waals surface area contributed by atoms with Crippen molar-refractivity contribution in [1.29, 1.82) is 0 Å². The highest BCUT2D eigenvalue weighted by Gasteiger charge is 2.17. The zero-order valence-electron chi connectivity index (χ0n) is 8.78. The lowest BCUT2D eigenvalue weighted by Crippen LogP contribution is -2.28. The number of amides is 1. The maximum atomic E-state index is 11.6. The lowest BCUT2D eigenvalue weighted by atomic mass is 10.3. The summed E-state index contributed by atoms with van der Waals surface area (Å²) >= 11 is 3.21. The molecule has 0 radical (unpaired) electrons. The molecular weight excluding hydrogens is 272 g/mol. The van der Waals surface area contributed by atoms with Crippen LogP contribution in [0, 0.1) is 0 Å². The van der Waals surface area contributed by atoms with Gasteiger partial charge in [-0.2, -0.15) is 0 Å². The van der Waals surface area contributed by atoms with Crippen LogP contribution in [0.2, 0.25) is 0 Å². The standard InChI is InChI=1S/C11H13BrN2O2/c12-10-6-5-8(7-13-10)11(15)14-16-9-3-1-2-4-9/h5-7,9H,1-4H2,(H,14,15). The van der Waals surface area contributed by atoms with E-state index in [4.69, 9.17) is 4.84 Å². The molecule has 0 aromatic carbocycles. The minimum Gasteiger partial charge on any atom is -0.270 e. The topological polar surface area (TPSA) is 51.2 Å². The van der Waals surface area contributed by atoms with Gasteiger partial charge in [-0.1, -0.05) is 12.8 Å². The quantitative estimate of drug-likeness (QED) is 0.685. The number of carbonyl (C=O) groups excluding carboxylic acids is 1. The SMILES string of the molecule is O=C(NOC1CCCC1)c1ccc(Br)nc1. The van der Waals surface area contributed by atoms with Gasteiger partial charge in [0.2, 0.25) is 0 Å². The van der Waals surface area contributed by atoms with Crippen LogP contribution >= 0.6 is 15.9 Å².